The van der Waals surface area contributed by atoms with Crippen molar-refractivity contribution in [2.75, 3.05) is 16.8 Å². The van der Waals surface area contributed by atoms with Crippen molar-refractivity contribution in [1.29, 1.82) is 0 Å². The van der Waals surface area contributed by atoms with Crippen LogP contribution in [0.3, 0.4) is 0 Å². The maximum Gasteiger partial charge on any atom is 0.260 e. The molecular weight excluding hydrogens is 428 g/mol. The number of rotatable bonds is 6. The van der Waals surface area contributed by atoms with Crippen LogP contribution >= 0.6 is 0 Å². The van der Waals surface area contributed by atoms with Crippen LogP contribution in [0.1, 0.15) is 67.2 Å². The van der Waals surface area contributed by atoms with Crippen LogP contribution in [-0.4, -0.2) is 49.8 Å². The number of nitrogens with one attached hydrogen (secondary N) is 1. The molecule has 0 radical (unpaired) electrons. The minimum absolute atomic E-state index is 0.0162. The fourth-order valence-electron chi connectivity index (χ4n) is 5.77. The molecule has 9 nitrogen and oxygen atoms in total. The quantitative estimate of drug-likeness (QED) is 0.606. The zero-order chi connectivity index (χ0) is 23.4. The summed E-state index contributed by atoms with van der Waals surface area (Å²) >= 11 is 0. The van der Waals surface area contributed by atoms with E-state index in [4.69, 9.17) is 9.97 Å². The Morgan fingerprint density at radius 3 is 2.56 bits per heavy atom. The van der Waals surface area contributed by atoms with Gasteiger partial charge in [-0.2, -0.15) is 0 Å². The molecule has 1 amide bonds. The van der Waals surface area contributed by atoms with Gasteiger partial charge in [-0.1, -0.05) is 6.07 Å². The van der Waals surface area contributed by atoms with Gasteiger partial charge in [0.15, 0.2) is 5.82 Å². The summed E-state index contributed by atoms with van der Waals surface area (Å²) in [5.41, 5.74) is 3.40. The summed E-state index contributed by atoms with van der Waals surface area (Å²) in [5.74, 6) is 2.26. The van der Waals surface area contributed by atoms with Crippen molar-refractivity contribution in [3.8, 4) is 11.5 Å². The Labute approximate surface area is 199 Å². The molecule has 9 heteroatoms. The lowest BCUT2D eigenvalue weighted by Gasteiger charge is -2.24. The third-order valence-corrected chi connectivity index (χ3v) is 7.42. The normalized spacial score (nSPS) is 21.2. The lowest BCUT2D eigenvalue weighted by Crippen LogP contribution is -2.30. The largest absolute Gasteiger partial charge is 0.351 e. The molecule has 3 aromatic rings. The molecular formula is C25H30N8O. The van der Waals surface area contributed by atoms with E-state index < -0.39 is 0 Å². The van der Waals surface area contributed by atoms with E-state index in [-0.39, 0.29) is 11.9 Å². The maximum absolute atomic E-state index is 13.7. The van der Waals surface area contributed by atoms with Gasteiger partial charge in [0, 0.05) is 30.2 Å². The van der Waals surface area contributed by atoms with Crippen molar-refractivity contribution in [3.05, 3.63) is 47.4 Å². The highest BCUT2D eigenvalue weighted by Crippen LogP contribution is 2.42. The number of anilines is 2. The molecule has 0 unspecified atom stereocenters. The molecule has 2 bridgehead atoms. The van der Waals surface area contributed by atoms with Gasteiger partial charge in [-0.3, -0.25) is 9.69 Å². The molecule has 0 saturated carbocycles. The van der Waals surface area contributed by atoms with Gasteiger partial charge in [-0.05, 0) is 64.8 Å². The molecule has 3 aromatic heterocycles. The van der Waals surface area contributed by atoms with Gasteiger partial charge in [-0.15, -0.1) is 10.2 Å². The number of amides is 1. The maximum atomic E-state index is 13.7. The van der Waals surface area contributed by atoms with Gasteiger partial charge in [0.2, 0.25) is 0 Å². The number of nitrogens with zero attached hydrogens (tertiary/aromatic N) is 7. The summed E-state index contributed by atoms with van der Waals surface area (Å²) < 4.78 is 1.98. The zero-order valence-corrected chi connectivity index (χ0v) is 19.9. The van der Waals surface area contributed by atoms with Gasteiger partial charge in [-0.25, -0.2) is 9.97 Å². The van der Waals surface area contributed by atoms with E-state index in [2.05, 4.69) is 34.3 Å². The molecule has 6 rings (SSSR count). The first-order valence-corrected chi connectivity index (χ1v) is 12.2. The monoisotopic (exact) mass is 458 g/mol. The van der Waals surface area contributed by atoms with Crippen LogP contribution in [0.4, 0.5) is 11.6 Å². The molecule has 2 fully saturated rings. The van der Waals surface area contributed by atoms with Crippen molar-refractivity contribution in [2.45, 2.75) is 70.7 Å². The number of pyridine rings is 2. The molecule has 3 aliphatic rings. The van der Waals surface area contributed by atoms with Crippen LogP contribution in [0.2, 0.25) is 0 Å². The van der Waals surface area contributed by atoms with Crippen molar-refractivity contribution in [3.63, 3.8) is 0 Å². The second-order valence-corrected chi connectivity index (χ2v) is 9.78. The summed E-state index contributed by atoms with van der Waals surface area (Å²) in [4.78, 5) is 27.8. The van der Waals surface area contributed by atoms with Crippen molar-refractivity contribution >= 4 is 17.5 Å². The summed E-state index contributed by atoms with van der Waals surface area (Å²) in [7, 11) is 1.92. The van der Waals surface area contributed by atoms with Crippen molar-refractivity contribution in [1.82, 2.24) is 30.0 Å². The number of carbonyl (C=O) groups excluding carboxylic acids is 1. The molecule has 6 heterocycles. The SMILES string of the molecule is CNCc1nc(N2[C@H]3CC[C@@H]2CC3)cc2c1CN(c1cccc(-c3nncn3C(C)C)n1)C2=O. The first kappa shape index (κ1) is 21.2. The second-order valence-electron chi connectivity index (χ2n) is 9.78. The minimum atomic E-state index is -0.0162. The van der Waals surface area contributed by atoms with E-state index >= 15 is 0 Å². The van der Waals surface area contributed by atoms with E-state index in [1.807, 2.05) is 35.9 Å². The Morgan fingerprint density at radius 2 is 1.85 bits per heavy atom. The fourth-order valence-corrected chi connectivity index (χ4v) is 5.77. The van der Waals surface area contributed by atoms with Crippen LogP contribution in [0.25, 0.3) is 11.5 Å². The number of hydrogen-bond acceptors (Lipinski definition) is 7. The lowest BCUT2D eigenvalue weighted by molar-refractivity contribution is 0.0996. The highest BCUT2D eigenvalue weighted by molar-refractivity contribution is 6.10. The predicted molar refractivity (Wildman–Crippen MR) is 130 cm³/mol. The first-order valence-electron chi connectivity index (χ1n) is 12.2. The Bertz CT molecular complexity index is 1230. The number of aromatic nitrogens is 5. The number of carbonyl (C=O) groups is 1. The Balaban J connectivity index is 1.36. The molecule has 34 heavy (non-hydrogen) atoms. The van der Waals surface area contributed by atoms with E-state index in [1.165, 1.54) is 25.7 Å². The molecule has 3 aliphatic heterocycles. The van der Waals surface area contributed by atoms with Crippen molar-refractivity contribution < 1.29 is 4.79 Å². The number of fused-ring (bicyclic) bond motifs is 3. The van der Waals surface area contributed by atoms with E-state index in [1.54, 1.807) is 11.2 Å². The third-order valence-electron chi connectivity index (χ3n) is 7.42. The van der Waals surface area contributed by atoms with E-state index in [0.717, 1.165) is 22.6 Å². The topological polar surface area (TPSA) is 92.1 Å². The van der Waals surface area contributed by atoms with Gasteiger partial charge < -0.3 is 14.8 Å². The summed E-state index contributed by atoms with van der Waals surface area (Å²) in [5, 5.41) is 11.6. The van der Waals surface area contributed by atoms with Crippen molar-refractivity contribution in [2.24, 2.45) is 0 Å². The molecule has 0 aliphatic carbocycles. The average Bonchev–Trinajstić information content (AvgIpc) is 3.63. The minimum Gasteiger partial charge on any atom is -0.351 e. The highest BCUT2D eigenvalue weighted by atomic mass is 16.2. The standard InChI is InChI=1S/C25H30N8O/c1-15(2)32-14-27-30-24(32)20-5-4-6-22(28-20)31-13-19-18(25(31)34)11-23(29-21(19)12-26-3)33-16-7-8-17(33)10-9-16/h4-6,11,14-17,26H,7-10,12-13H2,1-3H3/t16-,17+. The fraction of sp³-hybridized carbons (Fsp3) is 0.480. The average molecular weight is 459 g/mol. The molecule has 0 atom stereocenters. The molecule has 2 saturated heterocycles. The lowest BCUT2D eigenvalue weighted by atomic mass is 10.0. The van der Waals surface area contributed by atoms with Gasteiger partial charge in [0.05, 0.1) is 17.8 Å². The molecule has 1 N–H and O–H groups in total. The van der Waals surface area contributed by atoms with Crippen LogP contribution in [0.5, 0.6) is 0 Å². The summed E-state index contributed by atoms with van der Waals surface area (Å²) in [6.45, 7) is 5.26. The Kier molecular flexibility index (Phi) is 5.09. The third kappa shape index (κ3) is 3.29. The first-order chi connectivity index (χ1) is 16.5. The molecule has 0 spiro atoms. The summed E-state index contributed by atoms with van der Waals surface area (Å²) in [6, 6.07) is 9.07. The Morgan fingerprint density at radius 1 is 1.09 bits per heavy atom. The zero-order valence-electron chi connectivity index (χ0n) is 19.9. The smallest absolute Gasteiger partial charge is 0.260 e. The Hall–Kier alpha value is -3.33. The number of hydrogen-bond donors (Lipinski definition) is 1. The van der Waals surface area contributed by atoms with Crippen LogP contribution in [-0.2, 0) is 13.1 Å². The highest BCUT2D eigenvalue weighted by Gasteiger charge is 2.41. The summed E-state index contributed by atoms with van der Waals surface area (Å²) in [6.07, 6.45) is 6.62. The van der Waals surface area contributed by atoms with Crippen LogP contribution in [0.15, 0.2) is 30.6 Å². The van der Waals surface area contributed by atoms with Crippen LogP contribution < -0.4 is 15.1 Å². The molecule has 0 aromatic carbocycles. The van der Waals surface area contributed by atoms with Gasteiger partial charge in [0.25, 0.3) is 5.91 Å². The van der Waals surface area contributed by atoms with Crippen LogP contribution in [0, 0.1) is 0 Å². The van der Waals surface area contributed by atoms with Gasteiger partial charge >= 0.3 is 0 Å². The predicted octanol–water partition coefficient (Wildman–Crippen LogP) is 3.33. The van der Waals surface area contributed by atoms with Gasteiger partial charge in [0.1, 0.15) is 23.7 Å². The second kappa shape index (κ2) is 8.16. The van der Waals surface area contributed by atoms with E-state index in [9.17, 15) is 4.79 Å². The van der Waals surface area contributed by atoms with E-state index in [0.29, 0.717) is 42.5 Å². The molecule has 176 valence electrons.